The number of halogens is 2. The van der Waals surface area contributed by atoms with Crippen LogP contribution in [0, 0.1) is 0 Å². The average Bonchev–Trinajstić information content (AvgIpc) is 2.63. The molecule has 2 aromatic carbocycles. The maximum atomic E-state index is 11.9. The summed E-state index contributed by atoms with van der Waals surface area (Å²) in [6.45, 7) is 2.38. The largest absolute Gasteiger partial charge is 0.494 e. The lowest BCUT2D eigenvalue weighted by molar-refractivity contribution is -0.122. The minimum atomic E-state index is -0.381. The molecule has 0 bridgehead atoms. The Morgan fingerprint density at radius 3 is 2.50 bits per heavy atom. The second-order valence-corrected chi connectivity index (χ2v) is 7.03. The molecular formula is C18H18Cl2N2O3S. The lowest BCUT2D eigenvalue weighted by Gasteiger charge is -2.09. The van der Waals surface area contributed by atoms with Crippen molar-refractivity contribution in [2.45, 2.75) is 11.8 Å². The molecule has 0 aromatic heterocycles. The topological polar surface area (TPSA) is 67.4 Å². The van der Waals surface area contributed by atoms with E-state index in [0.29, 0.717) is 22.3 Å². The number of nitrogens with one attached hydrogen (secondary N) is 2. The van der Waals surface area contributed by atoms with Crippen LogP contribution in [0.3, 0.4) is 0 Å². The van der Waals surface area contributed by atoms with Gasteiger partial charge in [0.25, 0.3) is 0 Å². The summed E-state index contributed by atoms with van der Waals surface area (Å²) in [6.07, 6.45) is 0. The molecule has 2 rings (SSSR count). The van der Waals surface area contributed by atoms with E-state index in [9.17, 15) is 9.59 Å². The molecule has 2 N–H and O–H groups in total. The molecule has 5 nitrogen and oxygen atoms in total. The Kier molecular flexibility index (Phi) is 8.09. The average molecular weight is 413 g/mol. The van der Waals surface area contributed by atoms with Gasteiger partial charge in [-0.3, -0.25) is 9.59 Å². The molecule has 0 fully saturated rings. The minimum absolute atomic E-state index is 0.147. The van der Waals surface area contributed by atoms with Gasteiger partial charge in [0.15, 0.2) is 0 Å². The van der Waals surface area contributed by atoms with Gasteiger partial charge in [0.2, 0.25) is 11.8 Å². The zero-order valence-corrected chi connectivity index (χ0v) is 16.4. The Morgan fingerprint density at radius 1 is 1.08 bits per heavy atom. The predicted octanol–water partition coefficient (Wildman–Crippen LogP) is 4.24. The number of hydrogen-bond donors (Lipinski definition) is 2. The van der Waals surface area contributed by atoms with Crippen LogP contribution >= 0.6 is 35.0 Å². The fourth-order valence-electron chi connectivity index (χ4n) is 1.97. The van der Waals surface area contributed by atoms with Crippen molar-refractivity contribution in [2.75, 3.05) is 24.2 Å². The first-order chi connectivity index (χ1) is 12.5. The van der Waals surface area contributed by atoms with E-state index in [1.165, 1.54) is 11.8 Å². The van der Waals surface area contributed by atoms with Crippen LogP contribution in [0.25, 0.3) is 0 Å². The first-order valence-corrected chi connectivity index (χ1v) is 9.59. The van der Waals surface area contributed by atoms with Crippen molar-refractivity contribution in [3.63, 3.8) is 0 Å². The molecule has 0 radical (unpaired) electrons. The van der Waals surface area contributed by atoms with Crippen molar-refractivity contribution in [2.24, 2.45) is 0 Å². The van der Waals surface area contributed by atoms with Crippen LogP contribution in [-0.2, 0) is 9.59 Å². The van der Waals surface area contributed by atoms with Crippen LogP contribution in [-0.4, -0.2) is 30.7 Å². The summed E-state index contributed by atoms with van der Waals surface area (Å²) in [5.41, 5.74) is 0.405. The lowest BCUT2D eigenvalue weighted by atomic mass is 10.3. The molecule has 0 spiro atoms. The van der Waals surface area contributed by atoms with Gasteiger partial charge in [-0.2, -0.15) is 0 Å². The molecule has 0 heterocycles. The van der Waals surface area contributed by atoms with E-state index < -0.39 is 0 Å². The number of benzene rings is 2. The van der Waals surface area contributed by atoms with Crippen molar-refractivity contribution < 1.29 is 14.3 Å². The summed E-state index contributed by atoms with van der Waals surface area (Å²) in [7, 11) is 0. The van der Waals surface area contributed by atoms with Crippen molar-refractivity contribution in [3.05, 3.63) is 52.5 Å². The highest BCUT2D eigenvalue weighted by Gasteiger charge is 2.09. The Bertz CT molecular complexity index is 770. The summed E-state index contributed by atoms with van der Waals surface area (Å²) in [5, 5.41) is 6.01. The van der Waals surface area contributed by atoms with E-state index in [2.05, 4.69) is 10.6 Å². The van der Waals surface area contributed by atoms with Gasteiger partial charge in [-0.15, -0.1) is 11.8 Å². The van der Waals surface area contributed by atoms with E-state index in [4.69, 9.17) is 27.9 Å². The van der Waals surface area contributed by atoms with Gasteiger partial charge in [0.05, 0.1) is 29.6 Å². The van der Waals surface area contributed by atoms with Crippen LogP contribution in [0.4, 0.5) is 5.69 Å². The van der Waals surface area contributed by atoms with Crippen molar-refractivity contribution in [3.8, 4) is 5.75 Å². The van der Waals surface area contributed by atoms with Crippen molar-refractivity contribution in [1.82, 2.24) is 5.32 Å². The van der Waals surface area contributed by atoms with E-state index >= 15 is 0 Å². The molecule has 138 valence electrons. The first-order valence-electron chi connectivity index (χ1n) is 7.85. The summed E-state index contributed by atoms with van der Waals surface area (Å²) in [4.78, 5) is 24.7. The summed E-state index contributed by atoms with van der Waals surface area (Å²) in [6, 6.07) is 12.2. The molecule has 0 unspecified atom stereocenters. The normalized spacial score (nSPS) is 10.3. The fourth-order valence-corrected chi connectivity index (χ4v) is 3.03. The van der Waals surface area contributed by atoms with Crippen LogP contribution in [0.15, 0.2) is 47.4 Å². The Hall–Kier alpha value is -1.89. The number of amides is 2. The van der Waals surface area contributed by atoms with Crippen molar-refractivity contribution in [1.29, 1.82) is 0 Å². The van der Waals surface area contributed by atoms with E-state index in [1.807, 2.05) is 31.2 Å². The van der Waals surface area contributed by atoms with Crippen molar-refractivity contribution >= 4 is 52.5 Å². The molecule has 2 aromatic rings. The Balaban J connectivity index is 1.74. The summed E-state index contributed by atoms with van der Waals surface area (Å²) in [5.74, 6) is 0.376. The molecule has 0 atom stereocenters. The molecule has 0 saturated carbocycles. The predicted molar refractivity (Wildman–Crippen MR) is 106 cm³/mol. The summed E-state index contributed by atoms with van der Waals surface area (Å²) < 4.78 is 5.37. The number of hydrogen-bond acceptors (Lipinski definition) is 4. The van der Waals surface area contributed by atoms with Gasteiger partial charge in [-0.1, -0.05) is 23.2 Å². The quantitative estimate of drug-likeness (QED) is 0.636. The number of rotatable bonds is 8. The zero-order valence-electron chi connectivity index (χ0n) is 14.1. The third kappa shape index (κ3) is 6.78. The van der Waals surface area contributed by atoms with E-state index in [1.54, 1.807) is 18.2 Å². The molecular weight excluding hydrogens is 395 g/mol. The maximum Gasteiger partial charge on any atom is 0.243 e. The first kappa shape index (κ1) is 20.4. The van der Waals surface area contributed by atoms with Crippen LogP contribution < -0.4 is 15.4 Å². The molecule has 2 amide bonds. The SMILES string of the molecule is CCOc1ccc(SCC(=O)NCC(=O)Nc2cc(Cl)ccc2Cl)cc1. The third-order valence-electron chi connectivity index (χ3n) is 3.15. The van der Waals surface area contributed by atoms with Crippen LogP contribution in [0.5, 0.6) is 5.75 Å². The maximum absolute atomic E-state index is 11.9. The van der Waals surface area contributed by atoms with Gasteiger partial charge in [-0.25, -0.2) is 0 Å². The van der Waals surface area contributed by atoms with Crippen LogP contribution in [0.2, 0.25) is 10.0 Å². The molecule has 0 aliphatic heterocycles. The molecule has 0 aliphatic carbocycles. The van der Waals surface area contributed by atoms with Gasteiger partial charge >= 0.3 is 0 Å². The molecule has 26 heavy (non-hydrogen) atoms. The smallest absolute Gasteiger partial charge is 0.243 e. The molecule has 8 heteroatoms. The van der Waals surface area contributed by atoms with Gasteiger partial charge in [0, 0.05) is 9.92 Å². The number of carbonyl (C=O) groups is 2. The monoisotopic (exact) mass is 412 g/mol. The highest BCUT2D eigenvalue weighted by molar-refractivity contribution is 8.00. The van der Waals surface area contributed by atoms with E-state index in [0.717, 1.165) is 10.6 Å². The number of anilines is 1. The number of thioether (sulfide) groups is 1. The van der Waals surface area contributed by atoms with Crippen LogP contribution in [0.1, 0.15) is 6.92 Å². The van der Waals surface area contributed by atoms with Gasteiger partial charge in [-0.05, 0) is 49.4 Å². The number of carbonyl (C=O) groups excluding carboxylic acids is 2. The highest BCUT2D eigenvalue weighted by atomic mass is 35.5. The Labute approximate surface area is 166 Å². The Morgan fingerprint density at radius 2 is 1.81 bits per heavy atom. The standard InChI is InChI=1S/C18H18Cl2N2O3S/c1-2-25-13-4-6-14(7-5-13)26-11-18(24)21-10-17(23)22-16-9-12(19)3-8-15(16)20/h3-9H,2,10-11H2,1H3,(H,21,24)(H,22,23). The second-order valence-electron chi connectivity index (χ2n) is 5.14. The van der Waals surface area contributed by atoms with Gasteiger partial charge < -0.3 is 15.4 Å². The second kappa shape index (κ2) is 10.3. The molecule has 0 saturated heterocycles. The minimum Gasteiger partial charge on any atom is -0.494 e. The third-order valence-corrected chi connectivity index (χ3v) is 4.73. The lowest BCUT2D eigenvalue weighted by Crippen LogP contribution is -2.33. The van der Waals surface area contributed by atoms with E-state index in [-0.39, 0.29) is 24.1 Å². The zero-order chi connectivity index (χ0) is 18.9. The highest BCUT2D eigenvalue weighted by Crippen LogP contribution is 2.25. The van der Waals surface area contributed by atoms with Gasteiger partial charge in [0.1, 0.15) is 5.75 Å². The fraction of sp³-hybridized carbons (Fsp3) is 0.222. The molecule has 0 aliphatic rings. The number of ether oxygens (including phenoxy) is 1. The summed E-state index contributed by atoms with van der Waals surface area (Å²) >= 11 is 13.2.